The normalized spacial score (nSPS) is 16.6. The molecule has 0 heterocycles. The van der Waals surface area contributed by atoms with Crippen molar-refractivity contribution in [1.82, 2.24) is 10.2 Å². The fourth-order valence-corrected chi connectivity index (χ4v) is 1.80. The molecule has 2 heteroatoms. The topological polar surface area (TPSA) is 15.3 Å². The fourth-order valence-electron chi connectivity index (χ4n) is 1.80. The summed E-state index contributed by atoms with van der Waals surface area (Å²) in [5.74, 6) is 0. The van der Waals surface area contributed by atoms with E-state index in [9.17, 15) is 0 Å². The predicted octanol–water partition coefficient (Wildman–Crippen LogP) is 3.52. The second-order valence-corrected chi connectivity index (χ2v) is 6.72. The molecule has 0 fully saturated rings. The minimum atomic E-state index is 0.300. The van der Waals surface area contributed by atoms with Gasteiger partial charge in [-0.1, -0.05) is 34.6 Å². The van der Waals surface area contributed by atoms with Crippen LogP contribution in [0.3, 0.4) is 0 Å². The van der Waals surface area contributed by atoms with E-state index in [0.717, 1.165) is 13.1 Å². The van der Waals surface area contributed by atoms with E-state index in [1.54, 1.807) is 0 Å². The van der Waals surface area contributed by atoms with E-state index >= 15 is 0 Å². The highest BCUT2D eigenvalue weighted by Gasteiger charge is 2.29. The molecule has 0 spiro atoms. The first-order chi connectivity index (χ1) is 7.67. The minimum absolute atomic E-state index is 0.300. The molecular formula is C15H34N2. The second kappa shape index (κ2) is 6.75. The molecule has 17 heavy (non-hydrogen) atoms. The average Bonchev–Trinajstić information content (AvgIpc) is 2.26. The first kappa shape index (κ1) is 16.9. The van der Waals surface area contributed by atoms with E-state index in [2.05, 4.69) is 65.7 Å². The van der Waals surface area contributed by atoms with Gasteiger partial charge in [0.2, 0.25) is 0 Å². The monoisotopic (exact) mass is 242 g/mol. The molecule has 0 saturated heterocycles. The third-order valence-corrected chi connectivity index (χ3v) is 4.31. The van der Waals surface area contributed by atoms with Gasteiger partial charge in [-0.3, -0.25) is 0 Å². The molecule has 1 unspecified atom stereocenters. The third-order valence-electron chi connectivity index (χ3n) is 4.31. The summed E-state index contributed by atoms with van der Waals surface area (Å²) in [5.41, 5.74) is 0.666. The van der Waals surface area contributed by atoms with Crippen molar-refractivity contribution >= 4 is 0 Å². The van der Waals surface area contributed by atoms with Crippen molar-refractivity contribution in [2.24, 2.45) is 5.41 Å². The summed E-state index contributed by atoms with van der Waals surface area (Å²) in [5, 5.41) is 3.59. The summed E-state index contributed by atoms with van der Waals surface area (Å²) in [7, 11) is 2.26. The molecule has 0 bridgehead atoms. The molecule has 1 N–H and O–H groups in total. The van der Waals surface area contributed by atoms with E-state index in [1.165, 1.54) is 12.8 Å². The standard InChI is InChI=1S/C15H34N2/c1-9-14(5,6)17(8)12-15(7,10-2)11-16-13(3)4/h13,16H,9-12H2,1-8H3. The average molecular weight is 242 g/mol. The first-order valence-corrected chi connectivity index (χ1v) is 7.11. The smallest absolute Gasteiger partial charge is 0.0147 e. The van der Waals surface area contributed by atoms with Crippen LogP contribution in [0.2, 0.25) is 0 Å². The maximum atomic E-state index is 3.59. The Labute approximate surface area is 109 Å². The maximum Gasteiger partial charge on any atom is 0.0147 e. The van der Waals surface area contributed by atoms with E-state index < -0.39 is 0 Å². The predicted molar refractivity (Wildman–Crippen MR) is 78.5 cm³/mol. The highest BCUT2D eigenvalue weighted by molar-refractivity contribution is 4.85. The van der Waals surface area contributed by atoms with Crippen molar-refractivity contribution in [2.75, 3.05) is 20.1 Å². The number of nitrogens with zero attached hydrogens (tertiary/aromatic N) is 1. The molecule has 1 atom stereocenters. The summed E-state index contributed by atoms with van der Waals surface area (Å²) >= 11 is 0. The van der Waals surface area contributed by atoms with Crippen LogP contribution in [0.4, 0.5) is 0 Å². The van der Waals surface area contributed by atoms with Gasteiger partial charge in [0.25, 0.3) is 0 Å². The summed E-state index contributed by atoms with van der Waals surface area (Å²) in [6.07, 6.45) is 2.41. The molecule has 0 aromatic carbocycles. The van der Waals surface area contributed by atoms with Crippen LogP contribution in [-0.4, -0.2) is 36.6 Å². The number of hydrogen-bond acceptors (Lipinski definition) is 2. The van der Waals surface area contributed by atoms with Crippen molar-refractivity contribution in [1.29, 1.82) is 0 Å². The van der Waals surface area contributed by atoms with Gasteiger partial charge in [-0.15, -0.1) is 0 Å². The summed E-state index contributed by atoms with van der Waals surface area (Å²) in [6, 6.07) is 0.574. The fraction of sp³-hybridized carbons (Fsp3) is 1.00. The highest BCUT2D eigenvalue weighted by atomic mass is 15.2. The van der Waals surface area contributed by atoms with Crippen molar-refractivity contribution in [3.63, 3.8) is 0 Å². The zero-order valence-electron chi connectivity index (χ0n) is 13.4. The molecule has 0 aliphatic heterocycles. The molecule has 104 valence electrons. The van der Waals surface area contributed by atoms with E-state index in [1.807, 2.05) is 0 Å². The molecule has 0 aromatic rings. The lowest BCUT2D eigenvalue weighted by molar-refractivity contribution is 0.0858. The van der Waals surface area contributed by atoms with Gasteiger partial charge in [0, 0.05) is 24.7 Å². The Morgan fingerprint density at radius 1 is 1.06 bits per heavy atom. The van der Waals surface area contributed by atoms with Crippen LogP contribution in [0.25, 0.3) is 0 Å². The maximum absolute atomic E-state index is 3.59. The molecule has 0 aliphatic rings. The van der Waals surface area contributed by atoms with Gasteiger partial charge in [0.1, 0.15) is 0 Å². The zero-order valence-corrected chi connectivity index (χ0v) is 13.4. The van der Waals surface area contributed by atoms with E-state index in [-0.39, 0.29) is 0 Å². The molecule has 0 amide bonds. The molecule has 0 aliphatic carbocycles. The van der Waals surface area contributed by atoms with Crippen LogP contribution in [0.5, 0.6) is 0 Å². The van der Waals surface area contributed by atoms with Crippen LogP contribution < -0.4 is 5.32 Å². The second-order valence-electron chi connectivity index (χ2n) is 6.72. The summed E-state index contributed by atoms with van der Waals surface area (Å²) in [4.78, 5) is 2.51. The Morgan fingerprint density at radius 2 is 1.59 bits per heavy atom. The Balaban J connectivity index is 4.46. The number of hydrogen-bond donors (Lipinski definition) is 1. The molecule has 0 radical (unpaired) electrons. The first-order valence-electron chi connectivity index (χ1n) is 7.11. The van der Waals surface area contributed by atoms with Crippen molar-refractivity contribution < 1.29 is 0 Å². The van der Waals surface area contributed by atoms with Crippen LogP contribution in [0, 0.1) is 5.41 Å². The number of rotatable bonds is 8. The molecule has 2 nitrogen and oxygen atoms in total. The Hall–Kier alpha value is -0.0800. The summed E-state index contributed by atoms with van der Waals surface area (Å²) in [6.45, 7) is 18.3. The molecule has 0 rings (SSSR count). The van der Waals surface area contributed by atoms with Crippen LogP contribution in [-0.2, 0) is 0 Å². The van der Waals surface area contributed by atoms with Crippen LogP contribution in [0.1, 0.15) is 61.3 Å². The molecular weight excluding hydrogens is 208 g/mol. The quantitative estimate of drug-likeness (QED) is 0.700. The lowest BCUT2D eigenvalue weighted by Gasteiger charge is -2.41. The molecule has 0 saturated carbocycles. The van der Waals surface area contributed by atoms with Crippen molar-refractivity contribution in [2.45, 2.75) is 72.9 Å². The lowest BCUT2D eigenvalue weighted by atomic mass is 9.84. The van der Waals surface area contributed by atoms with Gasteiger partial charge in [-0.25, -0.2) is 0 Å². The highest BCUT2D eigenvalue weighted by Crippen LogP contribution is 2.26. The zero-order chi connectivity index (χ0) is 13.7. The van der Waals surface area contributed by atoms with Gasteiger partial charge in [0.05, 0.1) is 0 Å². The van der Waals surface area contributed by atoms with Gasteiger partial charge < -0.3 is 10.2 Å². The SMILES string of the molecule is CCC(C)(CNC(C)C)CN(C)C(C)(C)CC. The van der Waals surface area contributed by atoms with Gasteiger partial charge >= 0.3 is 0 Å². The molecule has 0 aromatic heterocycles. The van der Waals surface area contributed by atoms with E-state index in [4.69, 9.17) is 0 Å². The van der Waals surface area contributed by atoms with Gasteiger partial charge in [-0.2, -0.15) is 0 Å². The van der Waals surface area contributed by atoms with E-state index in [0.29, 0.717) is 17.0 Å². The van der Waals surface area contributed by atoms with Crippen LogP contribution in [0.15, 0.2) is 0 Å². The van der Waals surface area contributed by atoms with Gasteiger partial charge in [-0.05, 0) is 39.2 Å². The van der Waals surface area contributed by atoms with Crippen molar-refractivity contribution in [3.05, 3.63) is 0 Å². The lowest BCUT2D eigenvalue weighted by Crippen LogP contribution is -2.49. The Kier molecular flexibility index (Phi) is 6.71. The largest absolute Gasteiger partial charge is 0.314 e. The Bertz CT molecular complexity index is 211. The number of nitrogens with one attached hydrogen (secondary N) is 1. The third kappa shape index (κ3) is 5.87. The minimum Gasteiger partial charge on any atom is -0.314 e. The van der Waals surface area contributed by atoms with Gasteiger partial charge in [0.15, 0.2) is 0 Å². The van der Waals surface area contributed by atoms with Crippen molar-refractivity contribution in [3.8, 4) is 0 Å². The van der Waals surface area contributed by atoms with Crippen LogP contribution >= 0.6 is 0 Å². The Morgan fingerprint density at radius 3 is 1.94 bits per heavy atom. The summed E-state index contributed by atoms with van der Waals surface area (Å²) < 4.78 is 0.